The first-order valence-corrected chi connectivity index (χ1v) is 26.5. The second-order valence-electron chi connectivity index (χ2n) is 17.5. The summed E-state index contributed by atoms with van der Waals surface area (Å²) in [6.07, 6.45) is 35.0. The van der Waals surface area contributed by atoms with Gasteiger partial charge in [0.2, 0.25) is 0 Å². The highest BCUT2D eigenvalue weighted by Crippen LogP contribution is 2.24. The molecule has 0 radical (unpaired) electrons. The number of esters is 2. The summed E-state index contributed by atoms with van der Waals surface area (Å²) in [5.74, 6) is -1.99. The normalized spacial score (nSPS) is 20.0. The summed E-state index contributed by atoms with van der Waals surface area (Å²) in [6.45, 7) is 3.76. The van der Waals surface area contributed by atoms with Gasteiger partial charge in [-0.3, -0.25) is 14.1 Å². The molecule has 0 aromatic carbocycles. The number of aliphatic hydroxyl groups is 3. The highest BCUT2D eigenvalue weighted by atomic mass is 32.2. The molecule has 1 saturated heterocycles. The van der Waals surface area contributed by atoms with Crippen LogP contribution in [-0.4, -0.2) is 96.0 Å². The third-order valence-corrected chi connectivity index (χ3v) is 12.3. The SMILES string of the molecule is CCCCCCCC/C=C/CCCCCCCCCCCC(=O)OC[C@H](CO[C@H]1O[C@H](CS(=O)(=O)O)[C@@H](O)C(O)C1O)OC(=O)CCCCCCC/C=C/CCCCCCCC. The maximum Gasteiger partial charge on any atom is 0.306 e. The first kappa shape index (κ1) is 58.1. The summed E-state index contributed by atoms with van der Waals surface area (Å²) in [7, 11) is -4.60. The number of rotatable bonds is 42. The van der Waals surface area contributed by atoms with Gasteiger partial charge in [0, 0.05) is 12.8 Å². The average molecular weight is 903 g/mol. The first-order chi connectivity index (χ1) is 30.0. The number of ether oxygens (including phenoxy) is 4. The van der Waals surface area contributed by atoms with Crippen LogP contribution in [0.15, 0.2) is 24.3 Å². The number of hydrogen-bond acceptors (Lipinski definition) is 11. The van der Waals surface area contributed by atoms with Gasteiger partial charge in [0.15, 0.2) is 12.4 Å². The van der Waals surface area contributed by atoms with E-state index in [-0.39, 0.29) is 19.4 Å². The van der Waals surface area contributed by atoms with Gasteiger partial charge in [0.25, 0.3) is 10.1 Å². The summed E-state index contributed by atoms with van der Waals surface area (Å²) in [6, 6.07) is 0. The molecule has 364 valence electrons. The van der Waals surface area contributed by atoms with Crippen LogP contribution in [0.2, 0.25) is 0 Å². The molecule has 0 bridgehead atoms. The minimum atomic E-state index is -4.60. The van der Waals surface area contributed by atoms with Gasteiger partial charge in [0.05, 0.1) is 6.61 Å². The lowest BCUT2D eigenvalue weighted by atomic mass is 10.00. The molecule has 0 aliphatic carbocycles. The molecule has 1 heterocycles. The highest BCUT2D eigenvalue weighted by Gasteiger charge is 2.46. The fourth-order valence-electron chi connectivity index (χ4n) is 7.61. The van der Waals surface area contributed by atoms with Crippen LogP contribution in [0.3, 0.4) is 0 Å². The average Bonchev–Trinajstić information content (AvgIpc) is 3.24. The molecule has 1 aliphatic rings. The second-order valence-corrected chi connectivity index (χ2v) is 19.0. The lowest BCUT2D eigenvalue weighted by molar-refractivity contribution is -0.297. The summed E-state index contributed by atoms with van der Waals surface area (Å²) in [5, 5.41) is 30.9. The van der Waals surface area contributed by atoms with E-state index in [9.17, 15) is 37.9 Å². The monoisotopic (exact) mass is 903 g/mol. The van der Waals surface area contributed by atoms with E-state index in [1.807, 2.05) is 0 Å². The number of unbranched alkanes of at least 4 members (excludes halogenated alkanes) is 26. The Morgan fingerprint density at radius 3 is 1.34 bits per heavy atom. The van der Waals surface area contributed by atoms with Gasteiger partial charge < -0.3 is 34.3 Å². The van der Waals surface area contributed by atoms with Crippen molar-refractivity contribution in [3.8, 4) is 0 Å². The van der Waals surface area contributed by atoms with E-state index < -0.39 is 71.2 Å². The lowest BCUT2D eigenvalue weighted by Gasteiger charge is -2.40. The molecule has 0 amide bonds. The van der Waals surface area contributed by atoms with Gasteiger partial charge in [-0.05, 0) is 64.2 Å². The van der Waals surface area contributed by atoms with Gasteiger partial charge >= 0.3 is 11.9 Å². The van der Waals surface area contributed by atoms with E-state index >= 15 is 0 Å². The molecule has 62 heavy (non-hydrogen) atoms. The quantitative estimate of drug-likeness (QED) is 0.0197. The number of aliphatic hydroxyl groups excluding tert-OH is 3. The molecule has 6 atom stereocenters. The maximum atomic E-state index is 12.8. The smallest absolute Gasteiger partial charge is 0.306 e. The zero-order valence-corrected chi connectivity index (χ0v) is 39.8. The van der Waals surface area contributed by atoms with Gasteiger partial charge in [-0.2, -0.15) is 8.42 Å². The Hall–Kier alpha value is -1.87. The van der Waals surface area contributed by atoms with Crippen molar-refractivity contribution in [1.82, 2.24) is 0 Å². The van der Waals surface area contributed by atoms with E-state index in [4.69, 9.17) is 18.9 Å². The standard InChI is InChI=1S/C49H90O12S/c1-3-5-7-9-11-13-15-17-19-20-21-22-24-25-27-29-31-33-35-37-44(50)58-39-42(40-59-49-48(54)47(53)46(52)43(61-49)41-62(55,56)57)60-45(51)38-36-34-32-30-28-26-23-18-16-14-12-10-8-6-4-2/h17-19,23,42-43,46-49,52-54H,3-16,20-22,24-41H2,1-2H3,(H,55,56,57)/b19-17+,23-18+/t42-,43-,46-,47?,48?,49+/m1/s1. The predicted molar refractivity (Wildman–Crippen MR) is 247 cm³/mol. The molecule has 1 fully saturated rings. The van der Waals surface area contributed by atoms with Crippen molar-refractivity contribution in [2.45, 2.75) is 256 Å². The lowest BCUT2D eigenvalue weighted by Crippen LogP contribution is -2.60. The molecular weight excluding hydrogens is 813 g/mol. The molecule has 0 aromatic rings. The first-order valence-electron chi connectivity index (χ1n) is 24.9. The molecule has 1 aliphatic heterocycles. The summed E-state index contributed by atoms with van der Waals surface area (Å²) < 4.78 is 54.2. The Balaban J connectivity index is 2.39. The Morgan fingerprint density at radius 2 is 0.919 bits per heavy atom. The highest BCUT2D eigenvalue weighted by molar-refractivity contribution is 7.85. The minimum absolute atomic E-state index is 0.156. The van der Waals surface area contributed by atoms with Gasteiger partial charge in [-0.25, -0.2) is 0 Å². The zero-order valence-electron chi connectivity index (χ0n) is 39.0. The molecular formula is C49H90O12S. The molecule has 0 aromatic heterocycles. The molecule has 4 N–H and O–H groups in total. The Morgan fingerprint density at radius 1 is 0.532 bits per heavy atom. The Bertz CT molecular complexity index is 1240. The van der Waals surface area contributed by atoms with Crippen molar-refractivity contribution in [2.24, 2.45) is 0 Å². The molecule has 2 unspecified atom stereocenters. The summed E-state index contributed by atoms with van der Waals surface area (Å²) in [5.41, 5.74) is 0. The zero-order chi connectivity index (χ0) is 45.5. The minimum Gasteiger partial charge on any atom is -0.462 e. The summed E-state index contributed by atoms with van der Waals surface area (Å²) >= 11 is 0. The van der Waals surface area contributed by atoms with Crippen LogP contribution < -0.4 is 0 Å². The molecule has 1 rings (SSSR count). The summed E-state index contributed by atoms with van der Waals surface area (Å²) in [4.78, 5) is 25.5. The topological polar surface area (TPSA) is 186 Å². The van der Waals surface area contributed by atoms with Crippen molar-refractivity contribution in [2.75, 3.05) is 19.0 Å². The third kappa shape index (κ3) is 33.6. The number of carbonyl (C=O) groups is 2. The van der Waals surface area contributed by atoms with Crippen LogP contribution in [0, 0.1) is 0 Å². The van der Waals surface area contributed by atoms with Gasteiger partial charge in [0.1, 0.15) is 36.8 Å². The number of carbonyl (C=O) groups excluding carboxylic acids is 2. The van der Waals surface area contributed by atoms with E-state index in [0.29, 0.717) is 12.8 Å². The fraction of sp³-hybridized carbons (Fsp3) is 0.878. The van der Waals surface area contributed by atoms with Crippen LogP contribution >= 0.6 is 0 Å². The van der Waals surface area contributed by atoms with Crippen LogP contribution in [0.4, 0.5) is 0 Å². The van der Waals surface area contributed by atoms with Gasteiger partial charge in [-0.15, -0.1) is 0 Å². The van der Waals surface area contributed by atoms with Crippen LogP contribution in [0.25, 0.3) is 0 Å². The molecule has 13 heteroatoms. The van der Waals surface area contributed by atoms with E-state index in [1.165, 1.54) is 122 Å². The second kappa shape index (κ2) is 39.5. The van der Waals surface area contributed by atoms with Crippen LogP contribution in [0.1, 0.15) is 219 Å². The maximum absolute atomic E-state index is 12.8. The molecule has 0 spiro atoms. The largest absolute Gasteiger partial charge is 0.462 e. The van der Waals surface area contributed by atoms with Crippen molar-refractivity contribution in [3.05, 3.63) is 24.3 Å². The van der Waals surface area contributed by atoms with E-state index in [1.54, 1.807) is 0 Å². The van der Waals surface area contributed by atoms with Crippen molar-refractivity contribution >= 4 is 22.1 Å². The Kier molecular flexibility index (Phi) is 37.0. The molecule has 0 saturated carbocycles. The van der Waals surface area contributed by atoms with Crippen LogP contribution in [-0.2, 0) is 38.7 Å². The predicted octanol–water partition coefficient (Wildman–Crippen LogP) is 10.8. The fourth-order valence-corrected chi connectivity index (χ4v) is 8.30. The number of allylic oxidation sites excluding steroid dienone is 4. The van der Waals surface area contributed by atoms with Crippen LogP contribution in [0.5, 0.6) is 0 Å². The third-order valence-electron chi connectivity index (χ3n) is 11.5. The Labute approximate surface area is 377 Å². The van der Waals surface area contributed by atoms with Gasteiger partial charge in [-0.1, -0.05) is 167 Å². The molecule has 12 nitrogen and oxygen atoms in total. The van der Waals surface area contributed by atoms with Crippen molar-refractivity contribution < 1.29 is 56.8 Å². The van der Waals surface area contributed by atoms with E-state index in [2.05, 4.69) is 38.2 Å². The number of hydrogen-bond donors (Lipinski definition) is 4. The van der Waals surface area contributed by atoms with E-state index in [0.717, 1.165) is 57.8 Å². The van der Waals surface area contributed by atoms with Crippen molar-refractivity contribution in [3.63, 3.8) is 0 Å². The van der Waals surface area contributed by atoms with Crippen molar-refractivity contribution in [1.29, 1.82) is 0 Å².